The van der Waals surface area contributed by atoms with Gasteiger partial charge in [0.05, 0.1) is 6.04 Å². The predicted octanol–water partition coefficient (Wildman–Crippen LogP) is 5.58. The molecule has 0 fully saturated rings. The summed E-state index contributed by atoms with van der Waals surface area (Å²) in [5.41, 5.74) is 3.31. The number of hydrogen-bond acceptors (Lipinski definition) is 2. The van der Waals surface area contributed by atoms with E-state index in [1.54, 1.807) is 0 Å². The van der Waals surface area contributed by atoms with Crippen LogP contribution in [-0.4, -0.2) is 7.05 Å². The van der Waals surface area contributed by atoms with Crippen LogP contribution in [0.15, 0.2) is 55.8 Å². The van der Waals surface area contributed by atoms with Gasteiger partial charge in [0.1, 0.15) is 11.3 Å². The van der Waals surface area contributed by atoms with Crippen molar-refractivity contribution in [3.05, 3.63) is 68.3 Å². The molecule has 0 saturated carbocycles. The van der Waals surface area contributed by atoms with Crippen molar-refractivity contribution >= 4 is 42.8 Å². The molecular weight excluding hydrogens is 394 g/mol. The van der Waals surface area contributed by atoms with Crippen LogP contribution >= 0.6 is 31.9 Å². The van der Waals surface area contributed by atoms with E-state index in [9.17, 15) is 0 Å². The minimum atomic E-state index is 0.0141. The fourth-order valence-corrected chi connectivity index (χ4v) is 3.79. The summed E-state index contributed by atoms with van der Waals surface area (Å²) in [4.78, 5) is 0. The summed E-state index contributed by atoms with van der Waals surface area (Å²) in [7, 11) is 1.94. The van der Waals surface area contributed by atoms with Crippen molar-refractivity contribution in [1.29, 1.82) is 0 Å². The quantitative estimate of drug-likeness (QED) is 0.612. The van der Waals surface area contributed by atoms with Gasteiger partial charge in [-0.3, -0.25) is 0 Å². The molecule has 2 nitrogen and oxygen atoms in total. The summed E-state index contributed by atoms with van der Waals surface area (Å²) in [5.74, 6) is 0.918. The van der Waals surface area contributed by atoms with E-state index in [2.05, 4.69) is 68.4 Å². The molecule has 0 amide bonds. The van der Waals surface area contributed by atoms with Crippen LogP contribution in [0, 0.1) is 6.92 Å². The zero-order chi connectivity index (χ0) is 15.0. The lowest BCUT2D eigenvalue weighted by molar-refractivity contribution is 0.491. The molecule has 0 bridgehead atoms. The molecule has 21 heavy (non-hydrogen) atoms. The Hall–Kier alpha value is -1.10. The third-order valence-electron chi connectivity index (χ3n) is 3.54. The van der Waals surface area contributed by atoms with E-state index in [0.717, 1.165) is 31.2 Å². The summed E-state index contributed by atoms with van der Waals surface area (Å²) < 4.78 is 8.12. The van der Waals surface area contributed by atoms with Crippen molar-refractivity contribution in [1.82, 2.24) is 5.32 Å². The fourth-order valence-electron chi connectivity index (χ4n) is 2.51. The lowest BCUT2D eigenvalue weighted by atomic mass is 10.0. The highest BCUT2D eigenvalue weighted by atomic mass is 79.9. The average Bonchev–Trinajstić information content (AvgIpc) is 2.84. The van der Waals surface area contributed by atoms with Crippen molar-refractivity contribution in [2.45, 2.75) is 13.0 Å². The van der Waals surface area contributed by atoms with E-state index in [1.165, 1.54) is 5.56 Å². The van der Waals surface area contributed by atoms with Crippen LogP contribution in [0.5, 0.6) is 0 Å². The van der Waals surface area contributed by atoms with Gasteiger partial charge in [-0.15, -0.1) is 0 Å². The van der Waals surface area contributed by atoms with Gasteiger partial charge in [-0.05, 0) is 49.9 Å². The summed E-state index contributed by atoms with van der Waals surface area (Å²) in [6.07, 6.45) is 0. The largest absolute Gasteiger partial charge is 0.459 e. The van der Waals surface area contributed by atoms with Crippen LogP contribution in [-0.2, 0) is 0 Å². The van der Waals surface area contributed by atoms with Gasteiger partial charge in [-0.2, -0.15) is 0 Å². The third-order valence-corrected chi connectivity index (χ3v) is 4.72. The molecule has 0 aliphatic carbocycles. The normalized spacial score (nSPS) is 12.8. The van der Waals surface area contributed by atoms with Crippen molar-refractivity contribution in [2.75, 3.05) is 7.05 Å². The van der Waals surface area contributed by atoms with Gasteiger partial charge >= 0.3 is 0 Å². The van der Waals surface area contributed by atoms with E-state index in [-0.39, 0.29) is 6.04 Å². The Labute approximate surface area is 140 Å². The number of halogens is 2. The Morgan fingerprint density at radius 1 is 1.05 bits per heavy atom. The van der Waals surface area contributed by atoms with Crippen molar-refractivity contribution in [2.24, 2.45) is 0 Å². The minimum Gasteiger partial charge on any atom is -0.459 e. The van der Waals surface area contributed by atoms with E-state index < -0.39 is 0 Å². The highest BCUT2D eigenvalue weighted by Gasteiger charge is 2.19. The van der Waals surface area contributed by atoms with E-state index in [0.29, 0.717) is 0 Å². The fraction of sp³-hybridized carbons (Fsp3) is 0.176. The van der Waals surface area contributed by atoms with Gasteiger partial charge in [0.15, 0.2) is 0 Å². The van der Waals surface area contributed by atoms with E-state index in [1.807, 2.05) is 25.2 Å². The topological polar surface area (TPSA) is 25.2 Å². The first-order valence-corrected chi connectivity index (χ1v) is 8.29. The summed E-state index contributed by atoms with van der Waals surface area (Å²) in [6, 6.07) is 14.5. The minimum absolute atomic E-state index is 0.0141. The molecule has 0 radical (unpaired) electrons. The Morgan fingerprint density at radius 3 is 2.57 bits per heavy atom. The number of nitrogens with one attached hydrogen (secondary N) is 1. The second-order valence-electron chi connectivity index (χ2n) is 5.08. The van der Waals surface area contributed by atoms with Crippen LogP contribution in [0.25, 0.3) is 11.0 Å². The van der Waals surface area contributed by atoms with Crippen LogP contribution < -0.4 is 5.32 Å². The monoisotopic (exact) mass is 407 g/mol. The molecule has 4 heteroatoms. The molecule has 1 heterocycles. The summed E-state index contributed by atoms with van der Waals surface area (Å²) in [6.45, 7) is 2.09. The molecule has 0 aliphatic rings. The van der Waals surface area contributed by atoms with Crippen molar-refractivity contribution in [3.63, 3.8) is 0 Å². The van der Waals surface area contributed by atoms with Crippen molar-refractivity contribution in [3.8, 4) is 0 Å². The molecule has 1 aromatic heterocycles. The third kappa shape index (κ3) is 2.93. The highest BCUT2D eigenvalue weighted by molar-refractivity contribution is 9.11. The molecule has 1 N–H and O–H groups in total. The molecule has 3 aromatic rings. The molecule has 0 saturated heterocycles. The Bertz CT molecular complexity index is 795. The van der Waals surface area contributed by atoms with Gasteiger partial charge in [-0.25, -0.2) is 0 Å². The van der Waals surface area contributed by atoms with Gasteiger partial charge < -0.3 is 9.73 Å². The lowest BCUT2D eigenvalue weighted by Gasteiger charge is -2.16. The molecule has 0 aliphatic heterocycles. The van der Waals surface area contributed by atoms with Crippen molar-refractivity contribution < 1.29 is 4.42 Å². The molecule has 1 unspecified atom stereocenters. The highest BCUT2D eigenvalue weighted by Crippen LogP contribution is 2.33. The summed E-state index contributed by atoms with van der Waals surface area (Å²) >= 11 is 7.12. The Balaban J connectivity index is 2.09. The maximum Gasteiger partial charge on any atom is 0.134 e. The van der Waals surface area contributed by atoms with Gasteiger partial charge in [-0.1, -0.05) is 49.6 Å². The molecule has 2 aromatic carbocycles. The first kappa shape index (κ1) is 14.8. The molecule has 0 spiro atoms. The average molecular weight is 409 g/mol. The number of fused-ring (bicyclic) bond motifs is 1. The van der Waals surface area contributed by atoms with E-state index in [4.69, 9.17) is 4.42 Å². The summed E-state index contributed by atoms with van der Waals surface area (Å²) in [5, 5.41) is 4.47. The van der Waals surface area contributed by atoms with E-state index >= 15 is 0 Å². The second kappa shape index (κ2) is 5.95. The zero-order valence-corrected chi connectivity index (χ0v) is 15.0. The van der Waals surface area contributed by atoms with Crippen LogP contribution in [0.1, 0.15) is 22.9 Å². The molecule has 3 rings (SSSR count). The predicted molar refractivity (Wildman–Crippen MR) is 93.7 cm³/mol. The van der Waals surface area contributed by atoms with Gasteiger partial charge in [0.25, 0.3) is 0 Å². The number of benzene rings is 2. The number of furan rings is 1. The van der Waals surface area contributed by atoms with Crippen LogP contribution in [0.4, 0.5) is 0 Å². The molecule has 1 atom stereocenters. The van der Waals surface area contributed by atoms with Crippen LogP contribution in [0.2, 0.25) is 0 Å². The standard InChI is InChI=1S/C17H15Br2NO/c1-10-3-6-15-11(7-10)8-16(21-15)17(20-2)13-5-4-12(18)9-14(13)19/h3-9,17,20H,1-2H3. The van der Waals surface area contributed by atoms with Crippen LogP contribution in [0.3, 0.4) is 0 Å². The first-order chi connectivity index (χ1) is 10.1. The molecular formula is C17H15Br2NO. The Kier molecular flexibility index (Phi) is 4.20. The number of aryl methyl sites for hydroxylation is 1. The maximum atomic E-state index is 6.02. The number of hydrogen-bond donors (Lipinski definition) is 1. The maximum absolute atomic E-state index is 6.02. The van der Waals surface area contributed by atoms with Gasteiger partial charge in [0, 0.05) is 14.3 Å². The molecule has 108 valence electrons. The Morgan fingerprint density at radius 2 is 1.86 bits per heavy atom. The SMILES string of the molecule is CNC(c1cc2cc(C)ccc2o1)c1ccc(Br)cc1Br. The zero-order valence-electron chi connectivity index (χ0n) is 11.8. The van der Waals surface area contributed by atoms with Gasteiger partial charge in [0.2, 0.25) is 0 Å². The second-order valence-corrected chi connectivity index (χ2v) is 6.85. The number of rotatable bonds is 3. The smallest absolute Gasteiger partial charge is 0.134 e. The first-order valence-electron chi connectivity index (χ1n) is 6.71. The lowest BCUT2D eigenvalue weighted by Crippen LogP contribution is -2.17.